The van der Waals surface area contributed by atoms with Crippen molar-refractivity contribution in [1.29, 1.82) is 0 Å². The van der Waals surface area contributed by atoms with Gasteiger partial charge in [-0.1, -0.05) is 154 Å². The number of carbonyl (C=O) groups excluding carboxylic acids is 2. The molecule has 0 fully saturated rings. The third kappa shape index (κ3) is 27.6. The molecule has 0 spiro atoms. The molecule has 0 saturated carbocycles. The van der Waals surface area contributed by atoms with Crippen LogP contribution in [-0.4, -0.2) is 40.8 Å². The molecule has 0 saturated heterocycles. The van der Waals surface area contributed by atoms with Crippen molar-refractivity contribution < 1.29 is 24.5 Å². The van der Waals surface area contributed by atoms with Gasteiger partial charge in [-0.15, -0.1) is 0 Å². The molecule has 0 rings (SSSR count). The van der Waals surface area contributed by atoms with Crippen LogP contribution in [0.4, 0.5) is 0 Å². The number of unbranched alkanes of at least 4 members (excludes halogenated alkanes) is 23. The molecule has 5 heteroatoms. The second kappa shape index (κ2) is 32.7. The Balaban J connectivity index is 3.82. The van der Waals surface area contributed by atoms with Crippen LogP contribution in [-0.2, 0) is 14.3 Å². The Morgan fingerprint density at radius 1 is 0.548 bits per heavy atom. The van der Waals surface area contributed by atoms with Crippen molar-refractivity contribution in [3.63, 3.8) is 0 Å². The average Bonchev–Trinajstić information content (AvgIpc) is 2.99. The molecule has 2 atom stereocenters. The summed E-state index contributed by atoms with van der Waals surface area (Å²) < 4.78 is 5.34. The second-order valence-corrected chi connectivity index (χ2v) is 12.5. The first-order valence-corrected chi connectivity index (χ1v) is 18.2. The van der Waals surface area contributed by atoms with Crippen LogP contribution in [0.2, 0.25) is 0 Å². The van der Waals surface area contributed by atoms with Gasteiger partial charge in [-0.3, -0.25) is 9.59 Å². The van der Waals surface area contributed by atoms with Crippen molar-refractivity contribution in [2.45, 2.75) is 206 Å². The van der Waals surface area contributed by atoms with Gasteiger partial charge < -0.3 is 14.9 Å². The summed E-state index contributed by atoms with van der Waals surface area (Å²) in [5.74, 6) is -0.735. The smallest absolute Gasteiger partial charge is 0.306 e. The fraction of sp³-hybridized carbons (Fsp3) is 0.892. The van der Waals surface area contributed by atoms with Gasteiger partial charge in [0.15, 0.2) is 11.9 Å². The number of hydrogen-bond donors (Lipinski definition) is 2. The van der Waals surface area contributed by atoms with Gasteiger partial charge in [0.2, 0.25) is 0 Å². The molecule has 0 aliphatic carbocycles. The maximum atomic E-state index is 12.6. The molecule has 0 radical (unpaired) electrons. The lowest BCUT2D eigenvalue weighted by Crippen LogP contribution is -2.40. The quantitative estimate of drug-likeness (QED) is 0.0448. The van der Waals surface area contributed by atoms with Crippen molar-refractivity contribution in [3.8, 4) is 0 Å². The van der Waals surface area contributed by atoms with E-state index in [-0.39, 0.29) is 18.6 Å². The van der Waals surface area contributed by atoms with Crippen molar-refractivity contribution >= 4 is 11.8 Å². The molecule has 2 N–H and O–H groups in total. The van der Waals surface area contributed by atoms with Gasteiger partial charge in [-0.2, -0.15) is 0 Å². The standard InChI is InChI=1S/C37H70O5/c1-3-5-7-9-11-13-15-17-18-20-22-24-26-28-30-32-36(41)42-37(35(40)33-38)34(39)31-29-27-25-23-21-19-16-14-12-10-8-6-4-2/h17-18,35,37-38,40H,3-16,19-33H2,1-2H3/b18-17-. The van der Waals surface area contributed by atoms with E-state index in [0.29, 0.717) is 0 Å². The van der Waals surface area contributed by atoms with Crippen molar-refractivity contribution in [3.05, 3.63) is 12.2 Å². The Bertz CT molecular complexity index is 617. The number of esters is 1. The molecule has 0 heterocycles. The number of hydrogen-bond acceptors (Lipinski definition) is 5. The number of carbonyl (C=O) groups is 2. The molecule has 0 aromatic carbocycles. The Labute approximate surface area is 260 Å². The van der Waals surface area contributed by atoms with E-state index in [4.69, 9.17) is 4.74 Å². The van der Waals surface area contributed by atoms with Gasteiger partial charge in [0.05, 0.1) is 6.61 Å². The van der Waals surface area contributed by atoms with E-state index in [1.165, 1.54) is 116 Å². The van der Waals surface area contributed by atoms with Crippen LogP contribution in [0.5, 0.6) is 0 Å². The van der Waals surface area contributed by atoms with E-state index in [1.807, 2.05) is 0 Å². The highest BCUT2D eigenvalue weighted by Crippen LogP contribution is 2.16. The predicted octanol–water partition coefficient (Wildman–Crippen LogP) is 10.3. The zero-order chi connectivity index (χ0) is 30.9. The first-order chi connectivity index (χ1) is 20.6. The van der Waals surface area contributed by atoms with Gasteiger partial charge in [-0.05, 0) is 38.5 Å². The molecule has 0 aromatic heterocycles. The Morgan fingerprint density at radius 3 is 1.31 bits per heavy atom. The van der Waals surface area contributed by atoms with Gasteiger partial charge >= 0.3 is 5.97 Å². The first-order valence-electron chi connectivity index (χ1n) is 18.2. The number of aliphatic hydroxyl groups excluding tert-OH is 2. The van der Waals surface area contributed by atoms with Crippen molar-refractivity contribution in [2.24, 2.45) is 0 Å². The van der Waals surface area contributed by atoms with E-state index in [2.05, 4.69) is 26.0 Å². The van der Waals surface area contributed by atoms with Crippen LogP contribution in [0.1, 0.15) is 194 Å². The minimum Gasteiger partial charge on any atom is -0.451 e. The zero-order valence-corrected chi connectivity index (χ0v) is 27.9. The molecule has 248 valence electrons. The fourth-order valence-corrected chi connectivity index (χ4v) is 5.45. The molecular formula is C37H70O5. The molecule has 0 amide bonds. The first kappa shape index (κ1) is 40.8. The van der Waals surface area contributed by atoms with Crippen LogP contribution in [0.3, 0.4) is 0 Å². The van der Waals surface area contributed by atoms with E-state index in [0.717, 1.165) is 51.4 Å². The predicted molar refractivity (Wildman–Crippen MR) is 178 cm³/mol. The van der Waals surface area contributed by atoms with Crippen LogP contribution in [0.25, 0.3) is 0 Å². The fourth-order valence-electron chi connectivity index (χ4n) is 5.45. The van der Waals surface area contributed by atoms with Crippen molar-refractivity contribution in [2.75, 3.05) is 6.61 Å². The molecule has 5 nitrogen and oxygen atoms in total. The van der Waals surface area contributed by atoms with Gasteiger partial charge in [0.25, 0.3) is 0 Å². The Kier molecular flexibility index (Phi) is 31.8. The molecule has 0 aliphatic heterocycles. The second-order valence-electron chi connectivity index (χ2n) is 12.5. The monoisotopic (exact) mass is 595 g/mol. The third-order valence-corrected chi connectivity index (χ3v) is 8.28. The summed E-state index contributed by atoms with van der Waals surface area (Å²) in [4.78, 5) is 25.0. The highest BCUT2D eigenvalue weighted by atomic mass is 16.6. The zero-order valence-electron chi connectivity index (χ0n) is 27.9. The van der Waals surface area contributed by atoms with Crippen molar-refractivity contribution in [1.82, 2.24) is 0 Å². The van der Waals surface area contributed by atoms with Crippen LogP contribution in [0.15, 0.2) is 12.2 Å². The number of aliphatic hydroxyl groups is 2. The highest BCUT2D eigenvalue weighted by molar-refractivity contribution is 5.86. The summed E-state index contributed by atoms with van der Waals surface area (Å²) in [6.45, 7) is 3.92. The number of allylic oxidation sites excluding steroid dienone is 2. The number of ketones is 1. The van der Waals surface area contributed by atoms with Gasteiger partial charge in [0.1, 0.15) is 6.10 Å². The summed E-state index contributed by atoms with van der Waals surface area (Å²) in [5.41, 5.74) is 0. The maximum absolute atomic E-state index is 12.6. The largest absolute Gasteiger partial charge is 0.451 e. The van der Waals surface area contributed by atoms with Crippen LogP contribution < -0.4 is 0 Å². The molecular weight excluding hydrogens is 524 g/mol. The Hall–Kier alpha value is -1.20. The van der Waals surface area contributed by atoms with Crippen LogP contribution in [0, 0.1) is 0 Å². The number of rotatable bonds is 33. The summed E-state index contributed by atoms with van der Waals surface area (Å²) in [5, 5.41) is 19.5. The van der Waals surface area contributed by atoms with E-state index in [1.54, 1.807) is 0 Å². The molecule has 0 bridgehead atoms. The lowest BCUT2D eigenvalue weighted by atomic mass is 10.0. The lowest BCUT2D eigenvalue weighted by Gasteiger charge is -2.20. The third-order valence-electron chi connectivity index (χ3n) is 8.28. The number of Topliss-reactive ketones (excluding diaryl/α,β-unsaturated/α-hetero) is 1. The summed E-state index contributed by atoms with van der Waals surface area (Å²) in [6.07, 6.45) is 34.1. The van der Waals surface area contributed by atoms with E-state index in [9.17, 15) is 19.8 Å². The molecule has 42 heavy (non-hydrogen) atoms. The van der Waals surface area contributed by atoms with Crippen LogP contribution >= 0.6 is 0 Å². The summed E-state index contributed by atoms with van der Waals surface area (Å²) in [6, 6.07) is 0. The topological polar surface area (TPSA) is 83.8 Å². The Morgan fingerprint density at radius 2 is 0.905 bits per heavy atom. The van der Waals surface area contributed by atoms with E-state index < -0.39 is 24.8 Å². The number of ether oxygens (including phenoxy) is 1. The highest BCUT2D eigenvalue weighted by Gasteiger charge is 2.29. The average molecular weight is 595 g/mol. The summed E-state index contributed by atoms with van der Waals surface area (Å²) >= 11 is 0. The van der Waals surface area contributed by atoms with E-state index >= 15 is 0 Å². The molecule has 0 aromatic rings. The van der Waals surface area contributed by atoms with Gasteiger partial charge in [-0.25, -0.2) is 0 Å². The molecule has 0 aliphatic rings. The SMILES string of the molecule is CCCCCCCC/C=C\CCCCCCCC(=O)OC(C(=O)CCCCCCCCCCCCCCC)C(O)CO. The maximum Gasteiger partial charge on any atom is 0.306 e. The van der Waals surface area contributed by atoms with Gasteiger partial charge in [0, 0.05) is 12.8 Å². The normalized spacial score (nSPS) is 13.0. The minimum absolute atomic E-state index is 0.249. The minimum atomic E-state index is -1.35. The lowest BCUT2D eigenvalue weighted by molar-refractivity contribution is -0.163. The molecule has 2 unspecified atom stereocenters. The summed E-state index contributed by atoms with van der Waals surface area (Å²) in [7, 11) is 0.